The first-order valence-electron chi connectivity index (χ1n) is 6.90. The van der Waals surface area contributed by atoms with Crippen molar-refractivity contribution in [1.82, 2.24) is 9.97 Å². The number of aromatic nitrogens is 2. The van der Waals surface area contributed by atoms with E-state index in [1.54, 1.807) is 0 Å². The van der Waals surface area contributed by atoms with E-state index in [9.17, 15) is 0 Å². The van der Waals surface area contributed by atoms with Crippen LogP contribution in [0, 0.1) is 6.92 Å². The van der Waals surface area contributed by atoms with Gasteiger partial charge in [0.25, 0.3) is 0 Å². The predicted octanol–water partition coefficient (Wildman–Crippen LogP) is 3.42. The molecule has 1 aromatic heterocycles. The summed E-state index contributed by atoms with van der Waals surface area (Å²) in [7, 11) is 0. The van der Waals surface area contributed by atoms with E-state index in [1.165, 1.54) is 5.56 Å². The lowest BCUT2D eigenvalue weighted by Crippen LogP contribution is -2.22. The van der Waals surface area contributed by atoms with Crippen LogP contribution in [0.1, 0.15) is 36.1 Å². The number of rotatable bonds is 5. The number of benzene rings is 1. The Morgan fingerprint density at radius 3 is 2.55 bits per heavy atom. The summed E-state index contributed by atoms with van der Waals surface area (Å²) in [6, 6.07) is 10.5. The molecule has 0 aliphatic rings. The van der Waals surface area contributed by atoms with E-state index < -0.39 is 0 Å². The van der Waals surface area contributed by atoms with E-state index in [0.29, 0.717) is 0 Å². The van der Waals surface area contributed by atoms with Gasteiger partial charge in [-0.05, 0) is 37.1 Å². The maximum atomic E-state index is 6.01. The van der Waals surface area contributed by atoms with E-state index in [2.05, 4.69) is 45.0 Å². The van der Waals surface area contributed by atoms with Crippen LogP contribution in [-0.2, 0) is 12.8 Å². The molecular formula is C16H20BrN3. The van der Waals surface area contributed by atoms with Crippen molar-refractivity contribution in [3.63, 3.8) is 0 Å². The Labute approximate surface area is 128 Å². The van der Waals surface area contributed by atoms with Crippen molar-refractivity contribution in [2.45, 2.75) is 39.2 Å². The van der Waals surface area contributed by atoms with Crippen molar-refractivity contribution in [3.8, 4) is 0 Å². The lowest BCUT2D eigenvalue weighted by atomic mass is 10.1. The van der Waals surface area contributed by atoms with Gasteiger partial charge in [-0.25, -0.2) is 9.97 Å². The van der Waals surface area contributed by atoms with E-state index >= 15 is 0 Å². The van der Waals surface area contributed by atoms with Crippen molar-refractivity contribution < 1.29 is 0 Å². The summed E-state index contributed by atoms with van der Waals surface area (Å²) in [5.41, 5.74) is 9.27. The van der Waals surface area contributed by atoms with Crippen molar-refractivity contribution in [2.24, 2.45) is 5.73 Å². The maximum absolute atomic E-state index is 6.01. The molecule has 1 heterocycles. The molecule has 0 aliphatic heterocycles. The fourth-order valence-corrected chi connectivity index (χ4v) is 2.35. The number of nitrogens with two attached hydrogens (primary N) is 1. The molecular weight excluding hydrogens is 314 g/mol. The first-order chi connectivity index (χ1) is 9.56. The molecule has 0 bridgehead atoms. The second-order valence-electron chi connectivity index (χ2n) is 5.09. The van der Waals surface area contributed by atoms with Gasteiger partial charge in [-0.3, -0.25) is 0 Å². The molecule has 1 unspecified atom stereocenters. The molecule has 0 radical (unpaired) electrons. The summed E-state index contributed by atoms with van der Waals surface area (Å²) < 4.78 is 1.08. The van der Waals surface area contributed by atoms with Crippen LogP contribution in [0.25, 0.3) is 0 Å². The monoisotopic (exact) mass is 333 g/mol. The van der Waals surface area contributed by atoms with E-state index in [1.807, 2.05) is 25.1 Å². The zero-order chi connectivity index (χ0) is 14.5. The van der Waals surface area contributed by atoms with Crippen LogP contribution >= 0.6 is 15.9 Å². The standard InChI is InChI=1S/C16H20BrN3/c1-3-14(18)10-15-8-11(2)19-16(20-15)9-12-4-6-13(17)7-5-12/h4-8,14H,3,9-10,18H2,1-2H3. The largest absolute Gasteiger partial charge is 0.327 e. The molecule has 2 rings (SSSR count). The van der Waals surface area contributed by atoms with E-state index in [4.69, 9.17) is 5.73 Å². The average Bonchev–Trinajstić information content (AvgIpc) is 2.40. The topological polar surface area (TPSA) is 51.8 Å². The van der Waals surface area contributed by atoms with Crippen molar-refractivity contribution in [2.75, 3.05) is 0 Å². The third-order valence-electron chi connectivity index (χ3n) is 3.22. The molecule has 0 saturated carbocycles. The number of aryl methyl sites for hydroxylation is 1. The zero-order valence-corrected chi connectivity index (χ0v) is 13.5. The van der Waals surface area contributed by atoms with Crippen LogP contribution in [0.3, 0.4) is 0 Å². The Bertz CT molecular complexity index is 566. The Morgan fingerprint density at radius 1 is 1.20 bits per heavy atom. The van der Waals surface area contributed by atoms with Crippen LogP contribution in [0.5, 0.6) is 0 Å². The summed E-state index contributed by atoms with van der Waals surface area (Å²) >= 11 is 3.44. The fourth-order valence-electron chi connectivity index (χ4n) is 2.08. The lowest BCUT2D eigenvalue weighted by molar-refractivity contribution is 0.632. The lowest BCUT2D eigenvalue weighted by Gasteiger charge is -2.10. The first-order valence-corrected chi connectivity index (χ1v) is 7.69. The quantitative estimate of drug-likeness (QED) is 0.912. The number of hydrogen-bond acceptors (Lipinski definition) is 3. The Balaban J connectivity index is 2.17. The Morgan fingerprint density at radius 2 is 1.90 bits per heavy atom. The smallest absolute Gasteiger partial charge is 0.133 e. The van der Waals surface area contributed by atoms with Gasteiger partial charge in [0.15, 0.2) is 0 Å². The minimum Gasteiger partial charge on any atom is -0.327 e. The fraction of sp³-hybridized carbons (Fsp3) is 0.375. The highest BCUT2D eigenvalue weighted by Crippen LogP contribution is 2.13. The van der Waals surface area contributed by atoms with Gasteiger partial charge in [0.05, 0.1) is 0 Å². The molecule has 1 aromatic carbocycles. The first kappa shape index (κ1) is 15.1. The summed E-state index contributed by atoms with van der Waals surface area (Å²) in [5, 5.41) is 0. The van der Waals surface area contributed by atoms with Gasteiger partial charge in [0, 0.05) is 34.7 Å². The molecule has 0 saturated heterocycles. The Hall–Kier alpha value is -1.26. The van der Waals surface area contributed by atoms with Crippen LogP contribution in [0.4, 0.5) is 0 Å². The maximum Gasteiger partial charge on any atom is 0.133 e. The second-order valence-corrected chi connectivity index (χ2v) is 6.01. The summed E-state index contributed by atoms with van der Waals surface area (Å²) in [6.07, 6.45) is 2.53. The van der Waals surface area contributed by atoms with Crippen LogP contribution in [-0.4, -0.2) is 16.0 Å². The number of nitrogens with zero attached hydrogens (tertiary/aromatic N) is 2. The SMILES string of the molecule is CCC(N)Cc1cc(C)nc(Cc2ccc(Br)cc2)n1. The third kappa shape index (κ3) is 4.39. The van der Waals surface area contributed by atoms with E-state index in [-0.39, 0.29) is 6.04 Å². The van der Waals surface area contributed by atoms with Gasteiger partial charge < -0.3 is 5.73 Å². The Kier molecular flexibility index (Phi) is 5.26. The summed E-state index contributed by atoms with van der Waals surface area (Å²) in [5.74, 6) is 0.866. The number of halogens is 1. The molecule has 0 fully saturated rings. The van der Waals surface area contributed by atoms with Gasteiger partial charge in [-0.15, -0.1) is 0 Å². The molecule has 0 spiro atoms. The highest BCUT2D eigenvalue weighted by atomic mass is 79.9. The van der Waals surface area contributed by atoms with Gasteiger partial charge in [-0.1, -0.05) is 35.0 Å². The molecule has 0 amide bonds. The van der Waals surface area contributed by atoms with Crippen LogP contribution in [0.2, 0.25) is 0 Å². The molecule has 2 aromatic rings. The van der Waals surface area contributed by atoms with Crippen molar-refractivity contribution in [3.05, 3.63) is 57.6 Å². The summed E-state index contributed by atoms with van der Waals surface area (Å²) in [4.78, 5) is 9.16. The zero-order valence-electron chi connectivity index (χ0n) is 11.9. The normalized spacial score (nSPS) is 12.4. The molecule has 106 valence electrons. The predicted molar refractivity (Wildman–Crippen MR) is 85.7 cm³/mol. The molecule has 3 nitrogen and oxygen atoms in total. The molecule has 2 N–H and O–H groups in total. The van der Waals surface area contributed by atoms with Crippen molar-refractivity contribution >= 4 is 15.9 Å². The van der Waals surface area contributed by atoms with Gasteiger partial charge in [0.2, 0.25) is 0 Å². The van der Waals surface area contributed by atoms with Crippen molar-refractivity contribution in [1.29, 1.82) is 0 Å². The highest BCUT2D eigenvalue weighted by Gasteiger charge is 2.07. The summed E-state index contributed by atoms with van der Waals surface area (Å²) in [6.45, 7) is 4.11. The molecule has 4 heteroatoms. The van der Waals surface area contributed by atoms with Crippen LogP contribution in [0.15, 0.2) is 34.8 Å². The van der Waals surface area contributed by atoms with Gasteiger partial charge >= 0.3 is 0 Å². The number of hydrogen-bond donors (Lipinski definition) is 1. The minimum absolute atomic E-state index is 0.171. The van der Waals surface area contributed by atoms with Gasteiger partial charge in [0.1, 0.15) is 5.82 Å². The molecule has 0 aliphatic carbocycles. The van der Waals surface area contributed by atoms with Gasteiger partial charge in [-0.2, -0.15) is 0 Å². The molecule has 1 atom stereocenters. The average molecular weight is 334 g/mol. The minimum atomic E-state index is 0.171. The highest BCUT2D eigenvalue weighted by molar-refractivity contribution is 9.10. The van der Waals surface area contributed by atoms with Crippen LogP contribution < -0.4 is 5.73 Å². The second kappa shape index (κ2) is 6.95. The van der Waals surface area contributed by atoms with E-state index in [0.717, 1.165) is 40.9 Å². The molecule has 20 heavy (non-hydrogen) atoms. The third-order valence-corrected chi connectivity index (χ3v) is 3.75.